The molecule has 4 rings (SSSR count). The Kier molecular flexibility index (Phi) is 6.11. The van der Waals surface area contributed by atoms with Gasteiger partial charge in [0.05, 0.1) is 40.8 Å². The maximum Gasteiger partial charge on any atom is 0.229 e. The molecule has 0 radical (unpaired) electrons. The Bertz CT molecular complexity index is 1150. The number of hydrogen-bond donors (Lipinski definition) is 1. The van der Waals surface area contributed by atoms with E-state index in [1.54, 1.807) is 17.0 Å². The van der Waals surface area contributed by atoms with E-state index in [0.29, 0.717) is 38.4 Å². The van der Waals surface area contributed by atoms with E-state index >= 15 is 0 Å². The number of rotatable bonds is 3. The van der Waals surface area contributed by atoms with Crippen molar-refractivity contribution in [1.29, 1.82) is 5.26 Å². The van der Waals surface area contributed by atoms with Gasteiger partial charge in [0.25, 0.3) is 0 Å². The fourth-order valence-corrected chi connectivity index (χ4v) is 5.68. The molecule has 0 aliphatic carbocycles. The van der Waals surface area contributed by atoms with Crippen molar-refractivity contribution in [2.45, 2.75) is 19.3 Å². The van der Waals surface area contributed by atoms with Crippen LogP contribution in [0.1, 0.15) is 23.5 Å². The Hall–Kier alpha value is -2.34. The Morgan fingerprint density at radius 2 is 2.16 bits per heavy atom. The first-order valence-corrected chi connectivity index (χ1v) is 11.6. The van der Waals surface area contributed by atoms with Crippen LogP contribution >= 0.6 is 39.3 Å². The number of carbonyl (C=O) groups excluding carboxylic acids is 1. The molecule has 2 heterocycles. The second-order valence-corrected chi connectivity index (χ2v) is 9.50. The molecule has 2 aliphatic rings. The molecule has 6 nitrogen and oxygen atoms in total. The van der Waals surface area contributed by atoms with Gasteiger partial charge < -0.3 is 14.7 Å². The van der Waals surface area contributed by atoms with Crippen molar-refractivity contribution in [1.82, 2.24) is 4.90 Å². The second-order valence-electron chi connectivity index (χ2n) is 7.30. The number of phenolic OH excluding ortho intramolecular Hbond substituents is 1. The van der Waals surface area contributed by atoms with E-state index in [1.165, 1.54) is 18.9 Å². The average Bonchev–Trinajstić information content (AvgIpc) is 2.77. The lowest BCUT2D eigenvalue weighted by atomic mass is 9.86. The molecule has 9 heteroatoms. The molecular formula is C22H19BrClN3O3S. The van der Waals surface area contributed by atoms with Gasteiger partial charge >= 0.3 is 0 Å². The van der Waals surface area contributed by atoms with Crippen LogP contribution in [-0.4, -0.2) is 35.6 Å². The molecule has 1 unspecified atom stereocenters. The van der Waals surface area contributed by atoms with Gasteiger partial charge in [0, 0.05) is 23.0 Å². The number of benzene rings is 2. The number of nitrogens with zero attached hydrogens (tertiary/aromatic N) is 3. The van der Waals surface area contributed by atoms with Gasteiger partial charge in [0.1, 0.15) is 0 Å². The molecule has 0 spiro atoms. The summed E-state index contributed by atoms with van der Waals surface area (Å²) >= 11 is 11.1. The summed E-state index contributed by atoms with van der Waals surface area (Å²) in [5.74, 6) is 0.419. The Labute approximate surface area is 198 Å². The predicted octanol–water partition coefficient (Wildman–Crippen LogP) is 5.34. The number of anilines is 1. The van der Waals surface area contributed by atoms with Crippen molar-refractivity contribution >= 4 is 50.9 Å². The third kappa shape index (κ3) is 3.86. The Morgan fingerprint density at radius 3 is 2.87 bits per heavy atom. The molecule has 1 amide bonds. The van der Waals surface area contributed by atoms with E-state index in [2.05, 4.69) is 26.9 Å². The Balaban J connectivity index is 1.71. The summed E-state index contributed by atoms with van der Waals surface area (Å²) in [6.07, 6.45) is 0.162. The van der Waals surface area contributed by atoms with Gasteiger partial charge in [-0.25, -0.2) is 0 Å². The molecule has 0 aromatic heterocycles. The number of amides is 1. The van der Waals surface area contributed by atoms with Gasteiger partial charge in [-0.1, -0.05) is 29.4 Å². The predicted molar refractivity (Wildman–Crippen MR) is 125 cm³/mol. The fourth-order valence-electron chi connectivity index (χ4n) is 3.89. The molecule has 2 aromatic carbocycles. The van der Waals surface area contributed by atoms with Gasteiger partial charge in [-0.15, -0.1) is 0 Å². The van der Waals surface area contributed by atoms with E-state index in [-0.39, 0.29) is 18.1 Å². The molecule has 2 aliphatic heterocycles. The maximum atomic E-state index is 13.1. The molecule has 1 fully saturated rings. The molecule has 0 saturated carbocycles. The topological polar surface area (TPSA) is 76.8 Å². The van der Waals surface area contributed by atoms with Crippen molar-refractivity contribution in [2.24, 2.45) is 0 Å². The number of phenols is 1. The van der Waals surface area contributed by atoms with E-state index in [9.17, 15) is 15.2 Å². The molecule has 31 heavy (non-hydrogen) atoms. The smallest absolute Gasteiger partial charge is 0.229 e. The minimum Gasteiger partial charge on any atom is -0.503 e. The molecule has 2 aromatic rings. The zero-order valence-electron chi connectivity index (χ0n) is 16.9. The normalized spacial score (nSPS) is 18.7. The van der Waals surface area contributed by atoms with Crippen molar-refractivity contribution < 1.29 is 14.6 Å². The maximum absolute atomic E-state index is 13.1. The van der Waals surface area contributed by atoms with Crippen molar-refractivity contribution in [3.05, 3.63) is 61.6 Å². The number of methoxy groups -OCH3 is 1. The second kappa shape index (κ2) is 8.65. The van der Waals surface area contributed by atoms with Crippen LogP contribution in [0.15, 0.2) is 45.4 Å². The van der Waals surface area contributed by atoms with Crippen LogP contribution in [0.4, 0.5) is 5.69 Å². The first-order chi connectivity index (χ1) is 14.8. The van der Waals surface area contributed by atoms with Crippen LogP contribution in [0.2, 0.25) is 5.02 Å². The lowest BCUT2D eigenvalue weighted by molar-refractivity contribution is -0.129. The van der Waals surface area contributed by atoms with Gasteiger partial charge in [0.2, 0.25) is 5.91 Å². The molecule has 1 atom stereocenters. The molecule has 0 bridgehead atoms. The van der Waals surface area contributed by atoms with E-state index in [4.69, 9.17) is 16.3 Å². The van der Waals surface area contributed by atoms with Crippen LogP contribution in [0.5, 0.6) is 11.5 Å². The highest BCUT2D eigenvalue weighted by atomic mass is 79.9. The van der Waals surface area contributed by atoms with Crippen LogP contribution < -0.4 is 9.64 Å². The standard InChI is InChI=1S/C22H19BrClN3O3S/c1-12-17(24)4-3-5-18(12)26-10-27-20(28)8-14(15(9-25)22(27)31-11-26)13-6-16(23)21(29)19(7-13)30-2/h3-7,14,29H,8,10-11H2,1-2H3. The lowest BCUT2D eigenvalue weighted by Gasteiger charge is -2.42. The minimum absolute atomic E-state index is 0.0132. The van der Waals surface area contributed by atoms with Gasteiger partial charge in [0.15, 0.2) is 11.5 Å². The number of halogens is 2. The van der Waals surface area contributed by atoms with Gasteiger partial charge in [-0.05, 0) is 58.2 Å². The first-order valence-electron chi connectivity index (χ1n) is 9.49. The first kappa shape index (κ1) is 21.9. The summed E-state index contributed by atoms with van der Waals surface area (Å²) in [5, 5.41) is 21.5. The van der Waals surface area contributed by atoms with Crippen molar-refractivity contribution in [3.63, 3.8) is 0 Å². The summed E-state index contributed by atoms with van der Waals surface area (Å²) in [6.45, 7) is 2.32. The van der Waals surface area contributed by atoms with Crippen LogP contribution in [-0.2, 0) is 4.79 Å². The van der Waals surface area contributed by atoms with E-state index in [0.717, 1.165) is 16.8 Å². The lowest BCUT2D eigenvalue weighted by Crippen LogP contribution is -2.47. The number of aromatic hydroxyl groups is 1. The largest absolute Gasteiger partial charge is 0.503 e. The molecule has 1 saturated heterocycles. The van der Waals surface area contributed by atoms with Crippen LogP contribution in [0, 0.1) is 18.3 Å². The monoisotopic (exact) mass is 519 g/mol. The summed E-state index contributed by atoms with van der Waals surface area (Å²) in [6, 6.07) is 11.5. The number of allylic oxidation sites excluding steroid dienone is 1. The third-order valence-corrected chi connectivity index (χ3v) is 7.71. The van der Waals surface area contributed by atoms with Crippen LogP contribution in [0.3, 0.4) is 0 Å². The van der Waals surface area contributed by atoms with E-state index in [1.807, 2.05) is 25.1 Å². The van der Waals surface area contributed by atoms with Crippen molar-refractivity contribution in [3.8, 4) is 17.6 Å². The summed E-state index contributed by atoms with van der Waals surface area (Å²) < 4.78 is 5.70. The van der Waals surface area contributed by atoms with Crippen LogP contribution in [0.25, 0.3) is 0 Å². The van der Waals surface area contributed by atoms with Crippen molar-refractivity contribution in [2.75, 3.05) is 24.6 Å². The quantitative estimate of drug-likeness (QED) is 0.588. The number of ether oxygens (including phenoxy) is 1. The average molecular weight is 521 g/mol. The number of nitriles is 1. The third-order valence-electron chi connectivity index (χ3n) is 5.55. The minimum atomic E-state index is -0.401. The number of fused-ring (bicyclic) bond motifs is 1. The highest BCUT2D eigenvalue weighted by molar-refractivity contribution is 9.10. The summed E-state index contributed by atoms with van der Waals surface area (Å²) in [4.78, 5) is 16.9. The van der Waals surface area contributed by atoms with Gasteiger partial charge in [-0.2, -0.15) is 5.26 Å². The number of carbonyl (C=O) groups is 1. The SMILES string of the molecule is COc1cc(C2CC(=O)N3CN(c4cccc(Cl)c4C)CSC3=C2C#N)cc(Br)c1O. The zero-order chi connectivity index (χ0) is 22.3. The fraction of sp³-hybridized carbons (Fsp3) is 0.273. The summed E-state index contributed by atoms with van der Waals surface area (Å²) in [7, 11) is 1.46. The van der Waals surface area contributed by atoms with E-state index < -0.39 is 5.92 Å². The number of thioether (sulfide) groups is 1. The molecular weight excluding hydrogens is 502 g/mol. The highest BCUT2D eigenvalue weighted by Crippen LogP contribution is 2.46. The van der Waals surface area contributed by atoms with Gasteiger partial charge in [-0.3, -0.25) is 9.69 Å². The molecule has 160 valence electrons. The zero-order valence-corrected chi connectivity index (χ0v) is 20.0. The highest BCUT2D eigenvalue weighted by Gasteiger charge is 2.39. The number of hydrogen-bond acceptors (Lipinski definition) is 6. The molecule has 1 N–H and O–H groups in total. The Morgan fingerprint density at radius 1 is 1.39 bits per heavy atom. The summed E-state index contributed by atoms with van der Waals surface area (Å²) in [5.41, 5.74) is 3.22.